The van der Waals surface area contributed by atoms with Gasteiger partial charge in [0.05, 0.1) is 19.9 Å². The number of sulfonamides is 1. The highest BCUT2D eigenvalue weighted by Crippen LogP contribution is 2.30. The number of hydrogen-bond acceptors (Lipinski definition) is 6. The summed E-state index contributed by atoms with van der Waals surface area (Å²) in [6, 6.07) is 10.8. The highest BCUT2D eigenvalue weighted by Gasteiger charge is 2.20. The molecule has 0 aliphatic rings. The highest BCUT2D eigenvalue weighted by atomic mass is 32.2. The van der Waals surface area contributed by atoms with Crippen LogP contribution < -0.4 is 14.2 Å². The minimum absolute atomic E-state index is 0.0147. The Morgan fingerprint density at radius 1 is 1.14 bits per heavy atom. The normalized spacial score (nSPS) is 11.4. The van der Waals surface area contributed by atoms with Gasteiger partial charge in [0.2, 0.25) is 10.0 Å². The largest absolute Gasteiger partial charge is 0.497 e. The Morgan fingerprint density at radius 2 is 1.93 bits per heavy atom. The average molecular weight is 437 g/mol. The molecule has 0 saturated heterocycles. The molecular formula is C20H21FN2O4S2. The molecule has 9 heteroatoms. The Labute approximate surface area is 173 Å². The number of rotatable bonds is 8. The van der Waals surface area contributed by atoms with E-state index in [0.717, 1.165) is 10.6 Å². The van der Waals surface area contributed by atoms with Gasteiger partial charge in [-0.2, -0.15) is 0 Å². The maximum Gasteiger partial charge on any atom is 0.244 e. The van der Waals surface area contributed by atoms with Crippen molar-refractivity contribution in [3.05, 3.63) is 58.9 Å². The van der Waals surface area contributed by atoms with Gasteiger partial charge in [-0.1, -0.05) is 12.1 Å². The van der Waals surface area contributed by atoms with E-state index >= 15 is 0 Å². The summed E-state index contributed by atoms with van der Waals surface area (Å²) >= 11 is 1.42. The van der Waals surface area contributed by atoms with Crippen molar-refractivity contribution >= 4 is 21.4 Å². The predicted octanol–water partition coefficient (Wildman–Crippen LogP) is 3.80. The number of aryl methyl sites for hydroxylation is 1. The van der Waals surface area contributed by atoms with E-state index in [9.17, 15) is 12.8 Å². The molecule has 3 aromatic rings. The molecule has 0 unspecified atom stereocenters. The van der Waals surface area contributed by atoms with E-state index in [-0.39, 0.29) is 23.0 Å². The average Bonchev–Trinajstić information content (AvgIpc) is 3.08. The number of halogens is 1. The molecule has 1 heterocycles. The zero-order chi connectivity index (χ0) is 21.0. The van der Waals surface area contributed by atoms with Crippen LogP contribution in [0, 0.1) is 12.7 Å². The molecule has 3 rings (SSSR count). The fraction of sp³-hybridized carbons (Fsp3) is 0.250. The molecular weight excluding hydrogens is 415 g/mol. The quantitative estimate of drug-likeness (QED) is 0.581. The summed E-state index contributed by atoms with van der Waals surface area (Å²) in [7, 11) is -0.911. The van der Waals surface area contributed by atoms with Gasteiger partial charge in [-0.25, -0.2) is 22.5 Å². The van der Waals surface area contributed by atoms with E-state index in [1.165, 1.54) is 43.8 Å². The molecule has 2 aromatic carbocycles. The molecule has 154 valence electrons. The van der Waals surface area contributed by atoms with Crippen molar-refractivity contribution in [2.24, 2.45) is 0 Å². The third-order valence-corrected chi connectivity index (χ3v) is 7.02. The first-order chi connectivity index (χ1) is 13.8. The maximum atomic E-state index is 13.5. The van der Waals surface area contributed by atoms with Gasteiger partial charge < -0.3 is 9.47 Å². The van der Waals surface area contributed by atoms with Gasteiger partial charge in [-0.3, -0.25) is 0 Å². The van der Waals surface area contributed by atoms with Crippen LogP contribution in [0.1, 0.15) is 10.6 Å². The molecule has 0 fully saturated rings. The van der Waals surface area contributed by atoms with Crippen molar-refractivity contribution in [3.8, 4) is 22.1 Å². The minimum atomic E-state index is -3.79. The van der Waals surface area contributed by atoms with E-state index in [1.54, 1.807) is 24.3 Å². The maximum absolute atomic E-state index is 13.5. The van der Waals surface area contributed by atoms with Gasteiger partial charge in [0.25, 0.3) is 0 Å². The monoisotopic (exact) mass is 436 g/mol. The summed E-state index contributed by atoms with van der Waals surface area (Å²) in [4.78, 5) is 5.43. The number of benzene rings is 2. The topological polar surface area (TPSA) is 77.5 Å². The summed E-state index contributed by atoms with van der Waals surface area (Å²) < 4.78 is 51.8. The third-order valence-electron chi connectivity index (χ3n) is 4.27. The smallest absolute Gasteiger partial charge is 0.244 e. The lowest BCUT2D eigenvalue weighted by molar-refractivity contribution is 0.392. The van der Waals surface area contributed by atoms with Crippen molar-refractivity contribution < 1.29 is 22.3 Å². The number of nitrogens with one attached hydrogen (secondary N) is 1. The molecule has 0 aliphatic heterocycles. The number of ether oxygens (including phenoxy) is 2. The number of thiazole rings is 1. The van der Waals surface area contributed by atoms with Crippen LogP contribution in [0.4, 0.5) is 4.39 Å². The van der Waals surface area contributed by atoms with Crippen molar-refractivity contribution in [1.82, 2.24) is 9.71 Å². The zero-order valence-electron chi connectivity index (χ0n) is 16.2. The fourth-order valence-corrected chi connectivity index (χ4v) is 5.05. The number of hydrogen-bond donors (Lipinski definition) is 1. The molecule has 0 atom stereocenters. The van der Waals surface area contributed by atoms with Gasteiger partial charge in [-0.15, -0.1) is 11.3 Å². The molecule has 29 heavy (non-hydrogen) atoms. The minimum Gasteiger partial charge on any atom is -0.497 e. The van der Waals surface area contributed by atoms with Crippen LogP contribution in [0.3, 0.4) is 0 Å². The van der Waals surface area contributed by atoms with Crippen molar-refractivity contribution in [2.45, 2.75) is 18.2 Å². The Morgan fingerprint density at radius 3 is 2.62 bits per heavy atom. The molecule has 0 radical (unpaired) electrons. The lowest BCUT2D eigenvalue weighted by atomic mass is 10.2. The van der Waals surface area contributed by atoms with E-state index in [0.29, 0.717) is 22.7 Å². The summed E-state index contributed by atoms with van der Waals surface area (Å²) in [5.74, 6) is 0.335. The van der Waals surface area contributed by atoms with Crippen molar-refractivity contribution in [2.75, 3.05) is 20.8 Å². The Balaban J connectivity index is 1.73. The molecule has 0 saturated carbocycles. The molecule has 1 N–H and O–H groups in total. The molecule has 6 nitrogen and oxygen atoms in total. The Hall–Kier alpha value is -2.49. The van der Waals surface area contributed by atoms with Crippen LogP contribution in [0.15, 0.2) is 47.4 Å². The van der Waals surface area contributed by atoms with Crippen LogP contribution in [0.2, 0.25) is 0 Å². The van der Waals surface area contributed by atoms with Crippen LogP contribution >= 0.6 is 11.3 Å². The van der Waals surface area contributed by atoms with Crippen LogP contribution in [0.25, 0.3) is 10.6 Å². The van der Waals surface area contributed by atoms with E-state index in [4.69, 9.17) is 9.47 Å². The van der Waals surface area contributed by atoms with Gasteiger partial charge in [0, 0.05) is 23.1 Å². The third kappa shape index (κ3) is 4.92. The molecule has 0 bridgehead atoms. The fourth-order valence-electron chi connectivity index (χ4n) is 2.78. The van der Waals surface area contributed by atoms with Crippen molar-refractivity contribution in [1.29, 1.82) is 0 Å². The highest BCUT2D eigenvalue weighted by molar-refractivity contribution is 7.89. The first-order valence-corrected chi connectivity index (χ1v) is 11.1. The number of methoxy groups -OCH3 is 2. The first kappa shape index (κ1) is 21.2. The van der Waals surface area contributed by atoms with Crippen molar-refractivity contribution in [3.63, 3.8) is 0 Å². The lowest BCUT2D eigenvalue weighted by Crippen LogP contribution is -2.26. The standard InChI is InChI=1S/C20H21FN2O4S2/c1-13-18(28-20(23-13)14-5-4-6-15(21)11-14)9-10-22-29(24,25)19-12-16(26-2)7-8-17(19)27-3/h4-8,11-12,22H,9-10H2,1-3H3. The molecule has 0 amide bonds. The summed E-state index contributed by atoms with van der Waals surface area (Å²) in [6.07, 6.45) is 0.463. The Kier molecular flexibility index (Phi) is 6.51. The summed E-state index contributed by atoms with van der Waals surface area (Å²) in [6.45, 7) is 2.04. The van der Waals surface area contributed by atoms with Gasteiger partial charge >= 0.3 is 0 Å². The summed E-state index contributed by atoms with van der Waals surface area (Å²) in [5.41, 5.74) is 1.50. The number of nitrogens with zero attached hydrogens (tertiary/aromatic N) is 1. The zero-order valence-corrected chi connectivity index (χ0v) is 17.9. The molecule has 0 spiro atoms. The van der Waals surface area contributed by atoms with Gasteiger partial charge in [-0.05, 0) is 37.6 Å². The summed E-state index contributed by atoms with van der Waals surface area (Å²) in [5, 5.41) is 0.703. The van der Waals surface area contributed by atoms with Gasteiger partial charge in [0.1, 0.15) is 27.2 Å². The van der Waals surface area contributed by atoms with Gasteiger partial charge in [0.15, 0.2) is 0 Å². The van der Waals surface area contributed by atoms with Crippen LogP contribution in [-0.2, 0) is 16.4 Å². The predicted molar refractivity (Wildman–Crippen MR) is 111 cm³/mol. The van der Waals surface area contributed by atoms with Crippen LogP contribution in [-0.4, -0.2) is 34.2 Å². The number of aromatic nitrogens is 1. The van der Waals surface area contributed by atoms with E-state index in [1.807, 2.05) is 6.92 Å². The first-order valence-electron chi connectivity index (χ1n) is 8.78. The lowest BCUT2D eigenvalue weighted by Gasteiger charge is -2.12. The Bertz CT molecular complexity index is 1110. The van der Waals surface area contributed by atoms with E-state index < -0.39 is 10.0 Å². The second-order valence-electron chi connectivity index (χ2n) is 6.20. The molecule has 1 aromatic heterocycles. The van der Waals surface area contributed by atoms with Crippen LogP contribution in [0.5, 0.6) is 11.5 Å². The van der Waals surface area contributed by atoms with E-state index in [2.05, 4.69) is 9.71 Å². The SMILES string of the molecule is COc1ccc(OC)c(S(=O)(=O)NCCc2sc(-c3cccc(F)c3)nc2C)c1. The second kappa shape index (κ2) is 8.89. The second-order valence-corrected chi connectivity index (χ2v) is 9.02. The molecule has 0 aliphatic carbocycles.